The largest absolute Gasteiger partial charge is 0.487 e. The van der Waals surface area contributed by atoms with Gasteiger partial charge in [0.2, 0.25) is 0 Å². The zero-order valence-electron chi connectivity index (χ0n) is 11.7. The van der Waals surface area contributed by atoms with Crippen molar-refractivity contribution in [3.8, 4) is 5.75 Å². The van der Waals surface area contributed by atoms with Crippen molar-refractivity contribution in [2.24, 2.45) is 5.73 Å². The molecule has 1 fully saturated rings. The van der Waals surface area contributed by atoms with Crippen molar-refractivity contribution in [2.75, 3.05) is 26.7 Å². The van der Waals surface area contributed by atoms with Gasteiger partial charge in [0.05, 0.1) is 5.02 Å². The molecule has 106 valence electrons. The normalized spacial score (nSPS) is 21.6. The van der Waals surface area contributed by atoms with E-state index >= 15 is 0 Å². The number of benzene rings is 1. The highest BCUT2D eigenvalue weighted by Crippen LogP contribution is 2.31. The first-order valence-corrected chi connectivity index (χ1v) is 7.32. The lowest BCUT2D eigenvalue weighted by molar-refractivity contribution is 0.208. The lowest BCUT2D eigenvalue weighted by Gasteiger charge is -2.17. The quantitative estimate of drug-likeness (QED) is 0.902. The molecule has 0 aliphatic carbocycles. The minimum Gasteiger partial charge on any atom is -0.487 e. The van der Waals surface area contributed by atoms with Gasteiger partial charge in [-0.05, 0) is 50.0 Å². The van der Waals surface area contributed by atoms with E-state index in [9.17, 15) is 0 Å². The van der Waals surface area contributed by atoms with Crippen LogP contribution < -0.4 is 10.5 Å². The Labute approximate surface area is 120 Å². The van der Waals surface area contributed by atoms with Gasteiger partial charge in [-0.1, -0.05) is 24.6 Å². The Balaban J connectivity index is 2.02. The monoisotopic (exact) mass is 282 g/mol. The molecule has 1 heterocycles. The molecule has 0 aromatic heterocycles. The first kappa shape index (κ1) is 14.6. The summed E-state index contributed by atoms with van der Waals surface area (Å²) in [4.78, 5) is 2.27. The Bertz CT molecular complexity index is 425. The third-order valence-corrected chi connectivity index (χ3v) is 4.06. The van der Waals surface area contributed by atoms with Crippen LogP contribution >= 0.6 is 11.6 Å². The highest BCUT2D eigenvalue weighted by molar-refractivity contribution is 6.32. The van der Waals surface area contributed by atoms with E-state index in [-0.39, 0.29) is 6.10 Å². The molecule has 0 amide bonds. The summed E-state index contributed by atoms with van der Waals surface area (Å²) in [7, 11) is 2.11. The number of halogens is 1. The van der Waals surface area contributed by atoms with Crippen molar-refractivity contribution in [1.82, 2.24) is 4.90 Å². The Hall–Kier alpha value is -0.770. The molecule has 3 nitrogen and oxygen atoms in total. The second kappa shape index (κ2) is 6.60. The molecular formula is C15H23ClN2O. The Morgan fingerprint density at radius 1 is 1.53 bits per heavy atom. The number of hydrogen-bond donors (Lipinski definition) is 1. The van der Waals surface area contributed by atoms with Crippen molar-refractivity contribution >= 4 is 11.6 Å². The number of rotatable bonds is 5. The SMILES string of the molecule is CC(CCN)c1ccc(OC2CCN(C)C2)c(Cl)c1. The minimum absolute atomic E-state index is 0.259. The third-order valence-electron chi connectivity index (χ3n) is 3.77. The smallest absolute Gasteiger partial charge is 0.138 e. The van der Waals surface area contributed by atoms with Gasteiger partial charge < -0.3 is 15.4 Å². The van der Waals surface area contributed by atoms with Crippen LogP contribution in [0.4, 0.5) is 0 Å². The molecule has 2 N–H and O–H groups in total. The van der Waals surface area contributed by atoms with Crippen LogP contribution in [-0.4, -0.2) is 37.7 Å². The van der Waals surface area contributed by atoms with Crippen molar-refractivity contribution in [3.05, 3.63) is 28.8 Å². The van der Waals surface area contributed by atoms with Gasteiger partial charge >= 0.3 is 0 Å². The topological polar surface area (TPSA) is 38.5 Å². The minimum atomic E-state index is 0.259. The summed E-state index contributed by atoms with van der Waals surface area (Å²) in [5.74, 6) is 1.24. The molecule has 0 spiro atoms. The molecule has 1 saturated heterocycles. The molecule has 2 unspecified atom stereocenters. The van der Waals surface area contributed by atoms with Gasteiger partial charge in [0.15, 0.2) is 0 Å². The maximum absolute atomic E-state index is 6.32. The summed E-state index contributed by atoms with van der Waals surface area (Å²) in [5, 5.41) is 0.705. The predicted octanol–water partition coefficient (Wildman–Crippen LogP) is 2.88. The van der Waals surface area contributed by atoms with Gasteiger partial charge in [0.25, 0.3) is 0 Å². The number of nitrogens with zero attached hydrogens (tertiary/aromatic N) is 1. The van der Waals surface area contributed by atoms with Gasteiger partial charge in [-0.25, -0.2) is 0 Å². The molecule has 1 aromatic rings. The van der Waals surface area contributed by atoms with Gasteiger partial charge in [-0.15, -0.1) is 0 Å². The Morgan fingerprint density at radius 2 is 2.32 bits per heavy atom. The average molecular weight is 283 g/mol. The van der Waals surface area contributed by atoms with Crippen LogP contribution in [0.15, 0.2) is 18.2 Å². The van der Waals surface area contributed by atoms with Crippen LogP contribution in [0.25, 0.3) is 0 Å². The second-order valence-electron chi connectivity index (χ2n) is 5.46. The van der Waals surface area contributed by atoms with Crippen LogP contribution in [0.1, 0.15) is 31.2 Å². The van der Waals surface area contributed by atoms with Gasteiger partial charge in [-0.2, -0.15) is 0 Å². The van der Waals surface area contributed by atoms with E-state index in [1.54, 1.807) is 0 Å². The van der Waals surface area contributed by atoms with Gasteiger partial charge in [-0.3, -0.25) is 0 Å². The fourth-order valence-corrected chi connectivity index (χ4v) is 2.74. The fourth-order valence-electron chi connectivity index (χ4n) is 2.51. The summed E-state index contributed by atoms with van der Waals surface area (Å²) in [5.41, 5.74) is 6.82. The highest BCUT2D eigenvalue weighted by atomic mass is 35.5. The standard InChI is InChI=1S/C15H23ClN2O/c1-11(5-7-17)12-3-4-15(14(16)9-12)19-13-6-8-18(2)10-13/h3-4,9,11,13H,5-8,10,17H2,1-2H3. The van der Waals surface area contributed by atoms with E-state index in [4.69, 9.17) is 22.1 Å². The molecule has 4 heteroatoms. The van der Waals surface area contributed by atoms with Crippen molar-refractivity contribution in [2.45, 2.75) is 31.8 Å². The molecule has 1 aromatic carbocycles. The van der Waals surface area contributed by atoms with Crippen LogP contribution in [0.3, 0.4) is 0 Å². The lowest BCUT2D eigenvalue weighted by Crippen LogP contribution is -2.21. The molecular weight excluding hydrogens is 260 g/mol. The van der Waals surface area contributed by atoms with Crippen LogP contribution in [-0.2, 0) is 0 Å². The fraction of sp³-hybridized carbons (Fsp3) is 0.600. The van der Waals surface area contributed by atoms with E-state index in [2.05, 4.69) is 24.9 Å². The zero-order chi connectivity index (χ0) is 13.8. The van der Waals surface area contributed by atoms with E-state index in [0.29, 0.717) is 17.5 Å². The maximum atomic E-state index is 6.32. The number of likely N-dealkylation sites (N-methyl/N-ethyl adjacent to an activating group) is 1. The molecule has 1 aliphatic rings. The summed E-state index contributed by atoms with van der Waals surface area (Å²) in [6.07, 6.45) is 2.30. The van der Waals surface area contributed by atoms with E-state index < -0.39 is 0 Å². The zero-order valence-corrected chi connectivity index (χ0v) is 12.5. The lowest BCUT2D eigenvalue weighted by atomic mass is 9.98. The molecule has 0 bridgehead atoms. The number of ether oxygens (including phenoxy) is 1. The van der Waals surface area contributed by atoms with Crippen LogP contribution in [0.5, 0.6) is 5.75 Å². The first-order valence-electron chi connectivity index (χ1n) is 6.95. The molecule has 0 radical (unpaired) electrons. The Morgan fingerprint density at radius 3 is 2.89 bits per heavy atom. The number of likely N-dealkylation sites (tertiary alicyclic amines) is 1. The summed E-state index contributed by atoms with van der Waals surface area (Å²) >= 11 is 6.32. The Kier molecular flexibility index (Phi) is 5.08. The van der Waals surface area contributed by atoms with Crippen molar-refractivity contribution in [1.29, 1.82) is 0 Å². The third kappa shape index (κ3) is 3.85. The van der Waals surface area contributed by atoms with Gasteiger partial charge in [0.1, 0.15) is 11.9 Å². The highest BCUT2D eigenvalue weighted by Gasteiger charge is 2.21. The van der Waals surface area contributed by atoms with E-state index in [1.165, 1.54) is 5.56 Å². The summed E-state index contributed by atoms with van der Waals surface area (Å²) < 4.78 is 5.97. The number of nitrogens with two attached hydrogens (primary N) is 1. The van der Waals surface area contributed by atoms with Crippen molar-refractivity contribution in [3.63, 3.8) is 0 Å². The second-order valence-corrected chi connectivity index (χ2v) is 5.87. The molecule has 2 rings (SSSR count). The average Bonchev–Trinajstić information content (AvgIpc) is 2.78. The molecule has 1 aliphatic heterocycles. The first-order chi connectivity index (χ1) is 9.10. The van der Waals surface area contributed by atoms with Crippen LogP contribution in [0, 0.1) is 0 Å². The molecule has 0 saturated carbocycles. The van der Waals surface area contributed by atoms with Gasteiger partial charge in [0, 0.05) is 13.1 Å². The van der Waals surface area contributed by atoms with Crippen molar-refractivity contribution < 1.29 is 4.74 Å². The summed E-state index contributed by atoms with van der Waals surface area (Å²) in [6, 6.07) is 6.10. The molecule has 2 atom stereocenters. The van der Waals surface area contributed by atoms with E-state index in [0.717, 1.165) is 31.7 Å². The predicted molar refractivity (Wildman–Crippen MR) is 80.1 cm³/mol. The number of hydrogen-bond acceptors (Lipinski definition) is 3. The summed E-state index contributed by atoms with van der Waals surface area (Å²) in [6.45, 7) is 4.94. The van der Waals surface area contributed by atoms with Crippen LogP contribution in [0.2, 0.25) is 5.02 Å². The molecule has 19 heavy (non-hydrogen) atoms. The van der Waals surface area contributed by atoms with E-state index in [1.807, 2.05) is 12.1 Å². The maximum Gasteiger partial charge on any atom is 0.138 e.